The van der Waals surface area contributed by atoms with Crippen LogP contribution in [0.1, 0.15) is 31.2 Å². The second kappa shape index (κ2) is 5.46. The molecule has 1 saturated heterocycles. The number of hydrogen-bond donors (Lipinski definition) is 1. The Hall–Kier alpha value is -0.870. The van der Waals surface area contributed by atoms with Crippen molar-refractivity contribution in [1.29, 1.82) is 0 Å². The predicted octanol–water partition coefficient (Wildman–Crippen LogP) is 1.98. The highest BCUT2D eigenvalue weighted by atomic mass is 32.1. The number of thiophene rings is 1. The van der Waals surface area contributed by atoms with Gasteiger partial charge in [0.25, 0.3) is 0 Å². The van der Waals surface area contributed by atoms with Gasteiger partial charge >= 0.3 is 0 Å². The van der Waals surface area contributed by atoms with E-state index in [1.165, 1.54) is 18.4 Å². The van der Waals surface area contributed by atoms with Gasteiger partial charge in [-0.3, -0.25) is 9.69 Å². The SMILES string of the molecule is NC(=O)C[C@@H]1CCCCN1Cc1ccsc1. The molecule has 0 aliphatic carbocycles. The summed E-state index contributed by atoms with van der Waals surface area (Å²) in [4.78, 5) is 13.4. The van der Waals surface area contributed by atoms with Crippen LogP contribution in [0.15, 0.2) is 16.8 Å². The standard InChI is InChI=1S/C12H18N2OS/c13-12(15)7-11-3-1-2-5-14(11)8-10-4-6-16-9-10/h4,6,9,11H,1-3,5,7-8H2,(H2,13,15)/t11-/m0/s1. The van der Waals surface area contributed by atoms with Gasteiger partial charge in [0, 0.05) is 19.0 Å². The number of carbonyl (C=O) groups is 1. The number of likely N-dealkylation sites (tertiary alicyclic amines) is 1. The Labute approximate surface area is 100 Å². The third kappa shape index (κ3) is 3.06. The van der Waals surface area contributed by atoms with Crippen LogP contribution in [0.2, 0.25) is 0 Å². The number of hydrogen-bond acceptors (Lipinski definition) is 3. The molecule has 2 N–H and O–H groups in total. The Morgan fingerprint density at radius 3 is 3.12 bits per heavy atom. The summed E-state index contributed by atoms with van der Waals surface area (Å²) in [5, 5.41) is 4.28. The first-order valence-electron chi connectivity index (χ1n) is 5.79. The van der Waals surface area contributed by atoms with Gasteiger partial charge in [0.1, 0.15) is 0 Å². The lowest BCUT2D eigenvalue weighted by atomic mass is 9.98. The molecule has 1 aromatic rings. The third-order valence-corrected chi connectivity index (χ3v) is 3.88. The molecule has 0 saturated carbocycles. The van der Waals surface area contributed by atoms with Gasteiger partial charge in [-0.1, -0.05) is 6.42 Å². The molecule has 0 aromatic carbocycles. The topological polar surface area (TPSA) is 46.3 Å². The van der Waals surface area contributed by atoms with E-state index in [1.54, 1.807) is 11.3 Å². The maximum Gasteiger partial charge on any atom is 0.218 e. The van der Waals surface area contributed by atoms with E-state index in [0.29, 0.717) is 12.5 Å². The molecule has 1 atom stereocenters. The molecule has 0 unspecified atom stereocenters. The first-order chi connectivity index (χ1) is 7.75. The molecule has 1 amide bonds. The van der Waals surface area contributed by atoms with Crippen molar-refractivity contribution >= 4 is 17.2 Å². The number of nitrogens with zero attached hydrogens (tertiary/aromatic N) is 1. The van der Waals surface area contributed by atoms with E-state index >= 15 is 0 Å². The molecule has 1 aliphatic heterocycles. The first-order valence-corrected chi connectivity index (χ1v) is 6.73. The molecule has 1 aromatic heterocycles. The monoisotopic (exact) mass is 238 g/mol. The molecule has 88 valence electrons. The summed E-state index contributed by atoms with van der Waals surface area (Å²) in [5.74, 6) is -0.179. The summed E-state index contributed by atoms with van der Waals surface area (Å²) in [5.41, 5.74) is 6.64. The fourth-order valence-electron chi connectivity index (χ4n) is 2.35. The van der Waals surface area contributed by atoms with Crippen LogP contribution in [0.3, 0.4) is 0 Å². The summed E-state index contributed by atoms with van der Waals surface area (Å²) in [6, 6.07) is 2.51. The second-order valence-electron chi connectivity index (χ2n) is 4.42. The highest BCUT2D eigenvalue weighted by molar-refractivity contribution is 7.07. The van der Waals surface area contributed by atoms with Crippen LogP contribution in [-0.2, 0) is 11.3 Å². The minimum Gasteiger partial charge on any atom is -0.370 e. The van der Waals surface area contributed by atoms with Crippen LogP contribution in [0.4, 0.5) is 0 Å². The summed E-state index contributed by atoms with van der Waals surface area (Å²) >= 11 is 1.73. The maximum atomic E-state index is 11.0. The summed E-state index contributed by atoms with van der Waals surface area (Å²) in [6.07, 6.45) is 4.06. The minimum absolute atomic E-state index is 0.179. The van der Waals surface area contributed by atoms with Crippen molar-refractivity contribution in [1.82, 2.24) is 4.90 Å². The lowest BCUT2D eigenvalue weighted by molar-refractivity contribution is -0.119. The number of amides is 1. The number of rotatable bonds is 4. The van der Waals surface area contributed by atoms with E-state index in [1.807, 2.05) is 0 Å². The lowest BCUT2D eigenvalue weighted by Gasteiger charge is -2.34. The zero-order valence-corrected chi connectivity index (χ0v) is 10.2. The van der Waals surface area contributed by atoms with Gasteiger partial charge in [-0.05, 0) is 41.8 Å². The zero-order chi connectivity index (χ0) is 11.4. The van der Waals surface area contributed by atoms with Crippen molar-refractivity contribution in [3.8, 4) is 0 Å². The summed E-state index contributed by atoms with van der Waals surface area (Å²) in [7, 11) is 0. The van der Waals surface area contributed by atoms with Crippen LogP contribution in [0.25, 0.3) is 0 Å². The number of nitrogens with two attached hydrogens (primary N) is 1. The molecular formula is C12H18N2OS. The van der Waals surface area contributed by atoms with Crippen LogP contribution in [0.5, 0.6) is 0 Å². The predicted molar refractivity (Wildman–Crippen MR) is 66.2 cm³/mol. The molecule has 0 spiro atoms. The van der Waals surface area contributed by atoms with Gasteiger partial charge in [-0.25, -0.2) is 0 Å². The average molecular weight is 238 g/mol. The molecule has 4 heteroatoms. The Bertz CT molecular complexity index is 337. The second-order valence-corrected chi connectivity index (χ2v) is 5.20. The fraction of sp³-hybridized carbons (Fsp3) is 0.583. The molecule has 2 heterocycles. The number of carbonyl (C=O) groups excluding carboxylic acids is 1. The van der Waals surface area contributed by atoms with Crippen molar-refractivity contribution < 1.29 is 4.79 Å². The van der Waals surface area contributed by atoms with E-state index in [0.717, 1.165) is 19.5 Å². The van der Waals surface area contributed by atoms with Gasteiger partial charge < -0.3 is 5.73 Å². The fourth-order valence-corrected chi connectivity index (χ4v) is 3.01. The van der Waals surface area contributed by atoms with E-state index in [2.05, 4.69) is 21.7 Å². The van der Waals surface area contributed by atoms with Crippen LogP contribution in [0, 0.1) is 0 Å². The highest BCUT2D eigenvalue weighted by Gasteiger charge is 2.23. The summed E-state index contributed by atoms with van der Waals surface area (Å²) < 4.78 is 0. The first kappa shape index (κ1) is 11.6. The van der Waals surface area contributed by atoms with E-state index in [9.17, 15) is 4.79 Å². The molecule has 2 rings (SSSR count). The average Bonchev–Trinajstić information content (AvgIpc) is 2.73. The number of primary amides is 1. The smallest absolute Gasteiger partial charge is 0.218 e. The lowest BCUT2D eigenvalue weighted by Crippen LogP contribution is -2.41. The minimum atomic E-state index is -0.179. The summed E-state index contributed by atoms with van der Waals surface area (Å²) in [6.45, 7) is 2.05. The third-order valence-electron chi connectivity index (χ3n) is 3.15. The Kier molecular flexibility index (Phi) is 3.96. The molecule has 3 nitrogen and oxygen atoms in total. The van der Waals surface area contributed by atoms with Crippen LogP contribution in [-0.4, -0.2) is 23.4 Å². The molecule has 1 aliphatic rings. The van der Waals surface area contributed by atoms with E-state index in [-0.39, 0.29) is 5.91 Å². The quantitative estimate of drug-likeness (QED) is 0.872. The zero-order valence-electron chi connectivity index (χ0n) is 9.39. The van der Waals surface area contributed by atoms with Crippen molar-refractivity contribution in [3.05, 3.63) is 22.4 Å². The molecule has 1 fully saturated rings. The Morgan fingerprint density at radius 2 is 2.44 bits per heavy atom. The van der Waals surface area contributed by atoms with Crippen LogP contribution < -0.4 is 5.73 Å². The van der Waals surface area contributed by atoms with Gasteiger partial charge in [0.15, 0.2) is 0 Å². The normalized spacial score (nSPS) is 22.1. The van der Waals surface area contributed by atoms with E-state index in [4.69, 9.17) is 5.73 Å². The maximum absolute atomic E-state index is 11.0. The van der Waals surface area contributed by atoms with Crippen LogP contribution >= 0.6 is 11.3 Å². The number of piperidine rings is 1. The van der Waals surface area contributed by atoms with Crippen molar-refractivity contribution in [2.75, 3.05) is 6.54 Å². The Balaban J connectivity index is 1.96. The van der Waals surface area contributed by atoms with Gasteiger partial charge in [0.2, 0.25) is 5.91 Å². The van der Waals surface area contributed by atoms with Gasteiger partial charge in [-0.2, -0.15) is 11.3 Å². The van der Waals surface area contributed by atoms with Gasteiger partial charge in [-0.15, -0.1) is 0 Å². The van der Waals surface area contributed by atoms with Crippen molar-refractivity contribution in [2.45, 2.75) is 38.3 Å². The van der Waals surface area contributed by atoms with E-state index < -0.39 is 0 Å². The molecular weight excluding hydrogens is 220 g/mol. The molecule has 0 bridgehead atoms. The highest BCUT2D eigenvalue weighted by Crippen LogP contribution is 2.22. The Morgan fingerprint density at radius 1 is 1.56 bits per heavy atom. The van der Waals surface area contributed by atoms with Gasteiger partial charge in [0.05, 0.1) is 0 Å². The molecule has 0 radical (unpaired) electrons. The van der Waals surface area contributed by atoms with Crippen molar-refractivity contribution in [3.63, 3.8) is 0 Å². The largest absolute Gasteiger partial charge is 0.370 e. The van der Waals surface area contributed by atoms with Crippen molar-refractivity contribution in [2.24, 2.45) is 5.73 Å². The molecule has 16 heavy (non-hydrogen) atoms.